The predicted octanol–water partition coefficient (Wildman–Crippen LogP) is 1.65. The van der Waals surface area contributed by atoms with Crippen LogP contribution in [0.1, 0.15) is 27.2 Å². The zero-order valence-electron chi connectivity index (χ0n) is 8.84. The lowest BCUT2D eigenvalue weighted by molar-refractivity contribution is -0.922. The molecule has 2 heteroatoms. The van der Waals surface area contributed by atoms with Gasteiger partial charge in [-0.2, -0.15) is 0 Å². The van der Waals surface area contributed by atoms with Crippen molar-refractivity contribution in [2.24, 2.45) is 0 Å². The van der Waals surface area contributed by atoms with E-state index < -0.39 is 0 Å². The fourth-order valence-corrected chi connectivity index (χ4v) is 2.08. The molecule has 0 radical (unpaired) electrons. The number of likely N-dealkylation sites (N-methyl/N-ethyl adjacent to an activating group) is 1. The summed E-state index contributed by atoms with van der Waals surface area (Å²) in [6, 6.07) is 0. The SMILES string of the molecule is CCC1C[N+](C)(CC)CC(C)O1. The van der Waals surface area contributed by atoms with E-state index in [1.807, 2.05) is 0 Å². The molecule has 0 N–H and O–H groups in total. The minimum Gasteiger partial charge on any atom is -0.364 e. The number of ether oxygens (including phenoxy) is 1. The highest BCUT2D eigenvalue weighted by molar-refractivity contribution is 4.64. The smallest absolute Gasteiger partial charge is 0.107 e. The molecular formula is C10H22NO+. The van der Waals surface area contributed by atoms with Gasteiger partial charge >= 0.3 is 0 Å². The van der Waals surface area contributed by atoms with Gasteiger partial charge in [0.15, 0.2) is 0 Å². The topological polar surface area (TPSA) is 9.23 Å². The van der Waals surface area contributed by atoms with Crippen molar-refractivity contribution in [2.75, 3.05) is 26.7 Å². The molecule has 1 aliphatic rings. The zero-order chi connectivity index (χ0) is 9.19. The van der Waals surface area contributed by atoms with Crippen molar-refractivity contribution in [1.29, 1.82) is 0 Å². The Hall–Kier alpha value is -0.0800. The number of nitrogens with zero attached hydrogens (tertiary/aromatic N) is 1. The van der Waals surface area contributed by atoms with Crippen LogP contribution >= 0.6 is 0 Å². The summed E-state index contributed by atoms with van der Waals surface area (Å²) in [5, 5.41) is 0. The van der Waals surface area contributed by atoms with Crippen molar-refractivity contribution in [3.05, 3.63) is 0 Å². The largest absolute Gasteiger partial charge is 0.364 e. The zero-order valence-corrected chi connectivity index (χ0v) is 8.84. The van der Waals surface area contributed by atoms with Gasteiger partial charge in [-0.3, -0.25) is 0 Å². The quantitative estimate of drug-likeness (QED) is 0.575. The molecule has 1 fully saturated rings. The van der Waals surface area contributed by atoms with E-state index in [0.717, 1.165) is 6.42 Å². The second-order valence-electron chi connectivity index (χ2n) is 4.28. The highest BCUT2D eigenvalue weighted by Crippen LogP contribution is 2.18. The van der Waals surface area contributed by atoms with E-state index in [-0.39, 0.29) is 0 Å². The molecule has 0 aromatic rings. The molecule has 0 spiro atoms. The van der Waals surface area contributed by atoms with Crippen molar-refractivity contribution in [2.45, 2.75) is 39.4 Å². The summed E-state index contributed by atoms with van der Waals surface area (Å²) in [7, 11) is 2.34. The lowest BCUT2D eigenvalue weighted by Gasteiger charge is -2.43. The van der Waals surface area contributed by atoms with E-state index in [9.17, 15) is 0 Å². The van der Waals surface area contributed by atoms with Gasteiger partial charge in [0.25, 0.3) is 0 Å². The first-order chi connectivity index (χ1) is 5.59. The van der Waals surface area contributed by atoms with Crippen LogP contribution in [-0.4, -0.2) is 43.4 Å². The summed E-state index contributed by atoms with van der Waals surface area (Å²) in [4.78, 5) is 0. The molecule has 1 rings (SSSR count). The first kappa shape index (κ1) is 10.0. The monoisotopic (exact) mass is 172 g/mol. The Bertz CT molecular complexity index is 149. The lowest BCUT2D eigenvalue weighted by atomic mass is 10.1. The Morgan fingerprint density at radius 3 is 2.50 bits per heavy atom. The molecule has 0 aromatic heterocycles. The van der Waals surface area contributed by atoms with Crippen LogP contribution in [0.25, 0.3) is 0 Å². The second kappa shape index (κ2) is 3.75. The van der Waals surface area contributed by atoms with Gasteiger partial charge in [-0.15, -0.1) is 0 Å². The van der Waals surface area contributed by atoms with Crippen molar-refractivity contribution in [1.82, 2.24) is 0 Å². The van der Waals surface area contributed by atoms with Crippen molar-refractivity contribution >= 4 is 0 Å². The minimum atomic E-state index is 0.439. The van der Waals surface area contributed by atoms with E-state index in [2.05, 4.69) is 27.8 Å². The number of hydrogen-bond acceptors (Lipinski definition) is 1. The van der Waals surface area contributed by atoms with Gasteiger partial charge < -0.3 is 9.22 Å². The van der Waals surface area contributed by atoms with Crippen LogP contribution in [0.5, 0.6) is 0 Å². The normalized spacial score (nSPS) is 43.0. The average molecular weight is 172 g/mol. The molecule has 0 aliphatic carbocycles. The van der Waals surface area contributed by atoms with Crippen molar-refractivity contribution < 1.29 is 9.22 Å². The molecule has 3 unspecified atom stereocenters. The van der Waals surface area contributed by atoms with Crippen LogP contribution in [0.3, 0.4) is 0 Å². The Labute approximate surface area is 76.1 Å². The van der Waals surface area contributed by atoms with Gasteiger partial charge in [0.1, 0.15) is 25.3 Å². The van der Waals surface area contributed by atoms with E-state index in [0.29, 0.717) is 12.2 Å². The Kier molecular flexibility index (Phi) is 3.13. The third-order valence-corrected chi connectivity index (χ3v) is 2.99. The maximum absolute atomic E-state index is 5.82. The summed E-state index contributed by atoms with van der Waals surface area (Å²) in [5.74, 6) is 0. The second-order valence-corrected chi connectivity index (χ2v) is 4.28. The molecule has 0 bridgehead atoms. The molecule has 1 heterocycles. The van der Waals surface area contributed by atoms with Gasteiger partial charge in [-0.05, 0) is 20.3 Å². The van der Waals surface area contributed by atoms with Gasteiger partial charge in [0.05, 0.1) is 13.6 Å². The molecule has 2 nitrogen and oxygen atoms in total. The van der Waals surface area contributed by atoms with Crippen LogP contribution in [-0.2, 0) is 4.74 Å². The van der Waals surface area contributed by atoms with Crippen LogP contribution < -0.4 is 0 Å². The van der Waals surface area contributed by atoms with Gasteiger partial charge in [0, 0.05) is 0 Å². The number of hydrogen-bond donors (Lipinski definition) is 0. The summed E-state index contributed by atoms with van der Waals surface area (Å²) in [5.41, 5.74) is 0. The van der Waals surface area contributed by atoms with Crippen LogP contribution in [0.15, 0.2) is 0 Å². The lowest BCUT2D eigenvalue weighted by Crippen LogP contribution is -2.57. The highest BCUT2D eigenvalue weighted by Gasteiger charge is 2.33. The van der Waals surface area contributed by atoms with Crippen LogP contribution in [0.2, 0.25) is 0 Å². The Morgan fingerprint density at radius 2 is 2.00 bits per heavy atom. The molecule has 0 aromatic carbocycles. The summed E-state index contributed by atoms with van der Waals surface area (Å²) in [6.07, 6.45) is 2.07. The molecule has 3 atom stereocenters. The van der Waals surface area contributed by atoms with E-state index in [1.165, 1.54) is 24.1 Å². The predicted molar refractivity (Wildman–Crippen MR) is 51.1 cm³/mol. The Balaban J connectivity index is 2.56. The summed E-state index contributed by atoms with van der Waals surface area (Å²) >= 11 is 0. The van der Waals surface area contributed by atoms with Crippen LogP contribution in [0.4, 0.5) is 0 Å². The van der Waals surface area contributed by atoms with Gasteiger partial charge in [-0.1, -0.05) is 6.92 Å². The number of quaternary nitrogens is 1. The summed E-state index contributed by atoms with van der Waals surface area (Å²) < 4.78 is 7.00. The fourth-order valence-electron chi connectivity index (χ4n) is 2.08. The van der Waals surface area contributed by atoms with Gasteiger partial charge in [0.2, 0.25) is 0 Å². The average Bonchev–Trinajstić information content (AvgIpc) is 2.03. The highest BCUT2D eigenvalue weighted by atomic mass is 16.5. The van der Waals surface area contributed by atoms with Crippen LogP contribution in [0, 0.1) is 0 Å². The molecular weight excluding hydrogens is 150 g/mol. The minimum absolute atomic E-state index is 0.439. The molecule has 0 saturated carbocycles. The molecule has 0 amide bonds. The number of rotatable bonds is 2. The van der Waals surface area contributed by atoms with Crippen molar-refractivity contribution in [3.8, 4) is 0 Å². The molecule has 12 heavy (non-hydrogen) atoms. The van der Waals surface area contributed by atoms with E-state index >= 15 is 0 Å². The molecule has 72 valence electrons. The first-order valence-corrected chi connectivity index (χ1v) is 5.08. The van der Waals surface area contributed by atoms with Crippen molar-refractivity contribution in [3.63, 3.8) is 0 Å². The fraction of sp³-hybridized carbons (Fsp3) is 1.00. The summed E-state index contributed by atoms with van der Waals surface area (Å²) in [6.45, 7) is 10.3. The standard InChI is InChI=1S/C10H22NO/c1-5-10-8-11(4,6-2)7-9(3)12-10/h9-10H,5-8H2,1-4H3/q+1. The van der Waals surface area contributed by atoms with Gasteiger partial charge in [-0.25, -0.2) is 0 Å². The molecule has 1 saturated heterocycles. The third-order valence-electron chi connectivity index (χ3n) is 2.99. The maximum Gasteiger partial charge on any atom is 0.107 e. The third kappa shape index (κ3) is 2.20. The number of morpholine rings is 1. The Morgan fingerprint density at radius 1 is 1.33 bits per heavy atom. The first-order valence-electron chi connectivity index (χ1n) is 5.08. The van der Waals surface area contributed by atoms with E-state index in [4.69, 9.17) is 4.74 Å². The van der Waals surface area contributed by atoms with E-state index in [1.54, 1.807) is 0 Å². The molecule has 1 aliphatic heterocycles. The maximum atomic E-state index is 5.82.